The standard InChI is InChI=1S/C15H19F3N6O/c1-2-22(9-15(16,17)18)14(25)11-4-3-7-23(8-11)13-6-5-12-20-19-10-24(12)21-13/h5-6,10-11H,2-4,7-9H2,1H3. The van der Waals surface area contributed by atoms with Gasteiger partial charge in [0, 0.05) is 19.6 Å². The molecule has 0 radical (unpaired) electrons. The largest absolute Gasteiger partial charge is 0.406 e. The van der Waals surface area contributed by atoms with E-state index < -0.39 is 24.5 Å². The first-order valence-corrected chi connectivity index (χ1v) is 8.15. The Bertz CT molecular complexity index is 746. The van der Waals surface area contributed by atoms with Gasteiger partial charge in [0.2, 0.25) is 5.91 Å². The van der Waals surface area contributed by atoms with Gasteiger partial charge in [-0.15, -0.1) is 15.3 Å². The molecule has 1 saturated heterocycles. The first-order valence-electron chi connectivity index (χ1n) is 8.15. The summed E-state index contributed by atoms with van der Waals surface area (Å²) in [6.45, 7) is 1.46. The van der Waals surface area contributed by atoms with Crippen LogP contribution in [-0.2, 0) is 4.79 Å². The second kappa shape index (κ2) is 6.85. The molecule has 1 unspecified atom stereocenters. The van der Waals surface area contributed by atoms with Crippen molar-refractivity contribution < 1.29 is 18.0 Å². The third-order valence-electron chi connectivity index (χ3n) is 4.31. The maximum absolute atomic E-state index is 12.7. The summed E-state index contributed by atoms with van der Waals surface area (Å²) in [6.07, 6.45) is -1.60. The maximum Gasteiger partial charge on any atom is 0.406 e. The van der Waals surface area contributed by atoms with Crippen molar-refractivity contribution in [2.45, 2.75) is 25.9 Å². The van der Waals surface area contributed by atoms with Crippen molar-refractivity contribution in [2.75, 3.05) is 31.1 Å². The molecule has 3 heterocycles. The van der Waals surface area contributed by atoms with Gasteiger partial charge in [-0.3, -0.25) is 4.79 Å². The van der Waals surface area contributed by atoms with Crippen molar-refractivity contribution in [2.24, 2.45) is 5.92 Å². The predicted octanol–water partition coefficient (Wildman–Crippen LogP) is 1.75. The van der Waals surface area contributed by atoms with Gasteiger partial charge in [-0.25, -0.2) is 0 Å². The lowest BCUT2D eigenvalue weighted by atomic mass is 9.96. The second-order valence-corrected chi connectivity index (χ2v) is 6.08. The van der Waals surface area contributed by atoms with Crippen LogP contribution in [0.5, 0.6) is 0 Å². The lowest BCUT2D eigenvalue weighted by Crippen LogP contribution is -2.47. The van der Waals surface area contributed by atoms with Gasteiger partial charge in [0.15, 0.2) is 5.65 Å². The van der Waals surface area contributed by atoms with E-state index in [1.807, 2.05) is 4.90 Å². The number of hydrogen-bond acceptors (Lipinski definition) is 5. The van der Waals surface area contributed by atoms with Crippen molar-refractivity contribution in [3.05, 3.63) is 18.5 Å². The predicted molar refractivity (Wildman–Crippen MR) is 84.0 cm³/mol. The third kappa shape index (κ3) is 3.99. The molecule has 1 atom stereocenters. The summed E-state index contributed by atoms with van der Waals surface area (Å²) in [4.78, 5) is 15.3. The Labute approximate surface area is 142 Å². The molecular formula is C15H19F3N6O. The van der Waals surface area contributed by atoms with Crippen LogP contribution in [0.25, 0.3) is 5.65 Å². The number of piperidine rings is 1. The zero-order valence-electron chi connectivity index (χ0n) is 13.8. The quantitative estimate of drug-likeness (QED) is 0.835. The average Bonchev–Trinajstić information content (AvgIpc) is 3.06. The van der Waals surface area contributed by atoms with Crippen LogP contribution in [0.4, 0.5) is 19.0 Å². The summed E-state index contributed by atoms with van der Waals surface area (Å²) < 4.78 is 39.5. The van der Waals surface area contributed by atoms with E-state index in [0.29, 0.717) is 31.0 Å². The van der Waals surface area contributed by atoms with E-state index >= 15 is 0 Å². The van der Waals surface area contributed by atoms with Gasteiger partial charge in [-0.05, 0) is 31.9 Å². The Morgan fingerprint density at radius 2 is 2.20 bits per heavy atom. The summed E-state index contributed by atoms with van der Waals surface area (Å²) in [5, 5.41) is 12.0. The molecular weight excluding hydrogens is 337 g/mol. The topological polar surface area (TPSA) is 66.6 Å². The van der Waals surface area contributed by atoms with Crippen LogP contribution in [0.2, 0.25) is 0 Å². The van der Waals surface area contributed by atoms with Crippen LogP contribution in [0.15, 0.2) is 18.5 Å². The fourth-order valence-electron chi connectivity index (χ4n) is 3.09. The van der Waals surface area contributed by atoms with Gasteiger partial charge in [0.05, 0.1) is 5.92 Å². The molecule has 7 nitrogen and oxygen atoms in total. The van der Waals surface area contributed by atoms with Gasteiger partial charge in [0.25, 0.3) is 0 Å². The molecule has 2 aromatic heterocycles. The van der Waals surface area contributed by atoms with Crippen molar-refractivity contribution in [1.29, 1.82) is 0 Å². The first-order chi connectivity index (χ1) is 11.9. The number of anilines is 1. The van der Waals surface area contributed by atoms with Crippen molar-refractivity contribution in [3.63, 3.8) is 0 Å². The summed E-state index contributed by atoms with van der Waals surface area (Å²) in [5.41, 5.74) is 0.607. The lowest BCUT2D eigenvalue weighted by molar-refractivity contribution is -0.163. The highest BCUT2D eigenvalue weighted by atomic mass is 19.4. The van der Waals surface area contributed by atoms with Crippen molar-refractivity contribution in [3.8, 4) is 0 Å². The summed E-state index contributed by atoms with van der Waals surface area (Å²) >= 11 is 0. The second-order valence-electron chi connectivity index (χ2n) is 6.08. The molecule has 2 aromatic rings. The van der Waals surface area contributed by atoms with Gasteiger partial charge in [-0.1, -0.05) is 0 Å². The molecule has 0 spiro atoms. The smallest absolute Gasteiger partial charge is 0.354 e. The molecule has 0 aliphatic carbocycles. The number of halogens is 3. The molecule has 136 valence electrons. The Morgan fingerprint density at radius 3 is 2.92 bits per heavy atom. The number of carbonyl (C=O) groups excluding carboxylic acids is 1. The van der Waals surface area contributed by atoms with Crippen molar-refractivity contribution in [1.82, 2.24) is 24.7 Å². The van der Waals surface area contributed by atoms with Crippen LogP contribution in [0.3, 0.4) is 0 Å². The molecule has 0 N–H and O–H groups in total. The number of alkyl halides is 3. The highest BCUT2D eigenvalue weighted by Gasteiger charge is 2.36. The highest BCUT2D eigenvalue weighted by molar-refractivity contribution is 5.79. The maximum atomic E-state index is 12.7. The zero-order chi connectivity index (χ0) is 18.0. The monoisotopic (exact) mass is 356 g/mol. The Kier molecular flexibility index (Phi) is 4.78. The van der Waals surface area contributed by atoms with Crippen LogP contribution < -0.4 is 4.90 Å². The molecule has 3 rings (SSSR count). The molecule has 0 aromatic carbocycles. The van der Waals surface area contributed by atoms with E-state index in [4.69, 9.17) is 0 Å². The number of nitrogens with zero attached hydrogens (tertiary/aromatic N) is 6. The third-order valence-corrected chi connectivity index (χ3v) is 4.31. The number of rotatable bonds is 4. The SMILES string of the molecule is CCN(CC(F)(F)F)C(=O)C1CCCN(c2ccc3nncn3n2)C1. The van der Waals surface area contributed by atoms with E-state index in [2.05, 4.69) is 15.3 Å². The molecule has 0 bridgehead atoms. The minimum atomic E-state index is -4.39. The molecule has 1 fully saturated rings. The number of carbonyl (C=O) groups is 1. The average molecular weight is 356 g/mol. The number of fused-ring (bicyclic) bond motifs is 1. The van der Waals surface area contributed by atoms with Gasteiger partial charge in [0.1, 0.15) is 18.7 Å². The number of hydrogen-bond donors (Lipinski definition) is 0. The van der Waals surface area contributed by atoms with Gasteiger partial charge >= 0.3 is 6.18 Å². The van der Waals surface area contributed by atoms with E-state index in [1.54, 1.807) is 19.1 Å². The van der Waals surface area contributed by atoms with Gasteiger partial charge < -0.3 is 9.80 Å². The van der Waals surface area contributed by atoms with Crippen LogP contribution in [-0.4, -0.2) is 63.0 Å². The minimum absolute atomic E-state index is 0.0414. The van der Waals surface area contributed by atoms with Crippen molar-refractivity contribution >= 4 is 17.4 Å². The molecule has 1 amide bonds. The molecule has 1 aliphatic heterocycles. The van der Waals surface area contributed by atoms with Gasteiger partial charge in [-0.2, -0.15) is 17.7 Å². The van der Waals surface area contributed by atoms with E-state index in [-0.39, 0.29) is 6.54 Å². The fraction of sp³-hybridized carbons (Fsp3) is 0.600. The fourth-order valence-corrected chi connectivity index (χ4v) is 3.09. The highest BCUT2D eigenvalue weighted by Crippen LogP contribution is 2.25. The number of aromatic nitrogens is 4. The van der Waals surface area contributed by atoms with E-state index in [0.717, 1.165) is 11.3 Å². The summed E-state index contributed by atoms with van der Waals surface area (Å²) in [5.74, 6) is -0.256. The Balaban J connectivity index is 1.72. The molecule has 25 heavy (non-hydrogen) atoms. The van der Waals surface area contributed by atoms with E-state index in [1.165, 1.54) is 10.8 Å². The van der Waals surface area contributed by atoms with Crippen LogP contribution in [0.1, 0.15) is 19.8 Å². The Hall–Kier alpha value is -2.39. The van der Waals surface area contributed by atoms with Crippen LogP contribution in [0, 0.1) is 5.92 Å². The zero-order valence-corrected chi connectivity index (χ0v) is 13.8. The molecule has 10 heteroatoms. The molecule has 0 saturated carbocycles. The van der Waals surface area contributed by atoms with Crippen LogP contribution >= 0.6 is 0 Å². The minimum Gasteiger partial charge on any atom is -0.354 e. The molecule has 1 aliphatic rings. The normalized spacial score (nSPS) is 18.6. The first kappa shape index (κ1) is 17.4. The summed E-state index contributed by atoms with van der Waals surface area (Å²) in [6, 6.07) is 3.55. The lowest BCUT2D eigenvalue weighted by Gasteiger charge is -2.35. The Morgan fingerprint density at radius 1 is 1.40 bits per heavy atom. The number of amides is 1. The van der Waals surface area contributed by atoms with E-state index in [9.17, 15) is 18.0 Å². The summed E-state index contributed by atoms with van der Waals surface area (Å²) in [7, 11) is 0.